The maximum Gasteiger partial charge on any atom is 0.159 e. The molecule has 0 aliphatic rings. The molecule has 0 heterocycles. The van der Waals surface area contributed by atoms with Gasteiger partial charge in [0.2, 0.25) is 0 Å². The first-order valence-corrected chi connectivity index (χ1v) is 4.20. The summed E-state index contributed by atoms with van der Waals surface area (Å²) in [7, 11) is 0. The van der Waals surface area contributed by atoms with E-state index in [1.807, 2.05) is 18.2 Å². The summed E-state index contributed by atoms with van der Waals surface area (Å²) in [4.78, 5) is 0. The Morgan fingerprint density at radius 3 is 2.64 bits per heavy atom. The first-order valence-electron chi connectivity index (χ1n) is 4.70. The summed E-state index contributed by atoms with van der Waals surface area (Å²) in [5, 5.41) is 1.44. The Morgan fingerprint density at radius 1 is 1.14 bits per heavy atom. The van der Waals surface area contributed by atoms with Crippen LogP contribution in [0.4, 0.5) is 8.78 Å². The fraction of sp³-hybridized carbons (Fsp3) is 0. The van der Waals surface area contributed by atoms with Gasteiger partial charge in [0.1, 0.15) is 6.31 Å². The highest BCUT2D eigenvalue weighted by Gasteiger charge is 2.04. The van der Waals surface area contributed by atoms with E-state index in [4.69, 9.17) is 1.37 Å². The zero-order valence-corrected chi connectivity index (χ0v) is 7.30. The van der Waals surface area contributed by atoms with Crippen molar-refractivity contribution in [1.29, 1.82) is 0 Å². The summed E-state index contributed by atoms with van der Waals surface area (Å²) in [6.07, 6.45) is -1.54. The Labute approximate surface area is 81.9 Å². The van der Waals surface area contributed by atoms with Crippen LogP contribution in [-0.4, -0.2) is 0 Å². The van der Waals surface area contributed by atoms with E-state index in [9.17, 15) is 8.78 Å². The first-order chi connectivity index (χ1) is 7.20. The average molecular weight is 191 g/mol. The molecule has 0 bridgehead atoms. The molecule has 0 aromatic heterocycles. The minimum Gasteiger partial charge on any atom is -0.212 e. The molecule has 0 atom stereocenters. The number of hydrogen-bond acceptors (Lipinski definition) is 0. The van der Waals surface area contributed by atoms with Gasteiger partial charge in [0.05, 0.1) is 1.37 Å². The van der Waals surface area contributed by atoms with E-state index in [0.717, 1.165) is 5.39 Å². The molecule has 2 heteroatoms. The summed E-state index contributed by atoms with van der Waals surface area (Å²) < 4.78 is 32.4. The van der Waals surface area contributed by atoms with Crippen molar-refractivity contribution in [3.8, 4) is 0 Å². The molecule has 0 aliphatic carbocycles. The predicted octanol–water partition coefficient (Wildman–Crippen LogP) is 4.08. The van der Waals surface area contributed by atoms with E-state index in [1.54, 1.807) is 18.2 Å². The SMILES string of the molecule is [2H]/C(F)=C(/F)c1cccc2ccccc12. The molecule has 0 fully saturated rings. The lowest BCUT2D eigenvalue weighted by atomic mass is 10.0. The molecule has 0 amide bonds. The summed E-state index contributed by atoms with van der Waals surface area (Å²) in [5.41, 5.74) is 0.126. The van der Waals surface area contributed by atoms with Gasteiger partial charge in [-0.1, -0.05) is 42.5 Å². The highest BCUT2D eigenvalue weighted by molar-refractivity contribution is 5.92. The lowest BCUT2D eigenvalue weighted by Gasteiger charge is -2.02. The van der Waals surface area contributed by atoms with E-state index in [1.165, 1.54) is 6.07 Å². The number of rotatable bonds is 1. The van der Waals surface area contributed by atoms with Crippen molar-refractivity contribution in [2.75, 3.05) is 0 Å². The Balaban J connectivity index is 2.77. The van der Waals surface area contributed by atoms with Crippen molar-refractivity contribution in [3.05, 3.63) is 54.3 Å². The summed E-state index contributed by atoms with van der Waals surface area (Å²) in [6, 6.07) is 12.0. The molecule has 0 nitrogen and oxygen atoms in total. The van der Waals surface area contributed by atoms with Gasteiger partial charge in [-0.2, -0.15) is 0 Å². The molecule has 0 saturated carbocycles. The van der Waals surface area contributed by atoms with Crippen LogP contribution in [0.15, 0.2) is 48.8 Å². The molecular weight excluding hydrogens is 182 g/mol. The van der Waals surface area contributed by atoms with Gasteiger partial charge < -0.3 is 0 Å². The molecule has 0 saturated heterocycles. The van der Waals surface area contributed by atoms with E-state index in [0.29, 0.717) is 5.39 Å². The molecule has 0 radical (unpaired) electrons. The van der Waals surface area contributed by atoms with Crippen molar-refractivity contribution in [3.63, 3.8) is 0 Å². The second-order valence-electron chi connectivity index (χ2n) is 2.94. The first kappa shape index (κ1) is 7.68. The van der Waals surface area contributed by atoms with Crippen molar-refractivity contribution < 1.29 is 10.2 Å². The largest absolute Gasteiger partial charge is 0.212 e. The normalized spacial score (nSPS) is 13.7. The zero-order valence-electron chi connectivity index (χ0n) is 8.30. The summed E-state index contributed by atoms with van der Waals surface area (Å²) in [5.74, 6) is -1.12. The fourth-order valence-electron chi connectivity index (χ4n) is 1.47. The zero-order chi connectivity index (χ0) is 10.8. The predicted molar refractivity (Wildman–Crippen MR) is 54.1 cm³/mol. The van der Waals surface area contributed by atoms with Gasteiger partial charge in [-0.25, -0.2) is 8.78 Å². The molecule has 0 aliphatic heterocycles. The van der Waals surface area contributed by atoms with Gasteiger partial charge in [0, 0.05) is 5.56 Å². The van der Waals surface area contributed by atoms with Gasteiger partial charge in [-0.3, -0.25) is 0 Å². The van der Waals surface area contributed by atoms with Crippen LogP contribution >= 0.6 is 0 Å². The molecule has 0 unspecified atom stereocenters. The van der Waals surface area contributed by atoms with E-state index < -0.39 is 12.1 Å². The number of benzene rings is 2. The fourth-order valence-corrected chi connectivity index (χ4v) is 1.47. The number of fused-ring (bicyclic) bond motifs is 1. The van der Waals surface area contributed by atoms with Crippen molar-refractivity contribution >= 4 is 16.6 Å². The third-order valence-corrected chi connectivity index (χ3v) is 2.11. The van der Waals surface area contributed by atoms with E-state index >= 15 is 0 Å². The third-order valence-electron chi connectivity index (χ3n) is 2.11. The molecule has 2 aromatic rings. The molecule has 14 heavy (non-hydrogen) atoms. The maximum atomic E-state index is 13.3. The summed E-state index contributed by atoms with van der Waals surface area (Å²) >= 11 is 0. The second-order valence-corrected chi connectivity index (χ2v) is 2.94. The maximum absolute atomic E-state index is 13.3. The molecular formula is C12H8F2. The lowest BCUT2D eigenvalue weighted by Crippen LogP contribution is -1.80. The Bertz CT molecular complexity index is 523. The Hall–Kier alpha value is -1.70. The second kappa shape index (κ2) is 3.58. The molecule has 2 aromatic carbocycles. The van der Waals surface area contributed by atoms with E-state index in [-0.39, 0.29) is 5.56 Å². The van der Waals surface area contributed by atoms with Gasteiger partial charge >= 0.3 is 0 Å². The molecule has 2 rings (SSSR count). The van der Waals surface area contributed by atoms with Gasteiger partial charge in [0.25, 0.3) is 0 Å². The van der Waals surface area contributed by atoms with Crippen LogP contribution < -0.4 is 0 Å². The van der Waals surface area contributed by atoms with Crippen LogP contribution in [0.25, 0.3) is 16.6 Å². The van der Waals surface area contributed by atoms with Crippen LogP contribution in [-0.2, 0) is 0 Å². The van der Waals surface area contributed by atoms with Gasteiger partial charge in [-0.05, 0) is 10.8 Å². The van der Waals surface area contributed by atoms with Crippen LogP contribution in [0.2, 0.25) is 0 Å². The van der Waals surface area contributed by atoms with Gasteiger partial charge in [-0.15, -0.1) is 0 Å². The highest BCUT2D eigenvalue weighted by atomic mass is 19.2. The van der Waals surface area contributed by atoms with Crippen molar-refractivity contribution in [1.82, 2.24) is 0 Å². The smallest absolute Gasteiger partial charge is 0.159 e. The summed E-state index contributed by atoms with van der Waals surface area (Å²) in [6.45, 7) is 0. The standard InChI is InChI=1S/C12H8F2/c13-8-12(14)11-7-3-5-9-4-1-2-6-10(9)11/h1-8H/b12-8-/i8D. The topological polar surface area (TPSA) is 0 Å². The number of hydrogen-bond donors (Lipinski definition) is 0. The quantitative estimate of drug-likeness (QED) is 0.637. The average Bonchev–Trinajstić information content (AvgIpc) is 2.27. The number of halogens is 2. The molecule has 0 spiro atoms. The monoisotopic (exact) mass is 191 g/mol. The Morgan fingerprint density at radius 2 is 1.86 bits per heavy atom. The van der Waals surface area contributed by atoms with Gasteiger partial charge in [0.15, 0.2) is 5.83 Å². The minimum absolute atomic E-state index is 0.126. The van der Waals surface area contributed by atoms with Crippen LogP contribution in [0.3, 0.4) is 0 Å². The lowest BCUT2D eigenvalue weighted by molar-refractivity contribution is 0.672. The molecule has 70 valence electrons. The third kappa shape index (κ3) is 1.39. The van der Waals surface area contributed by atoms with Crippen LogP contribution in [0, 0.1) is 0 Å². The van der Waals surface area contributed by atoms with Crippen molar-refractivity contribution in [2.45, 2.75) is 0 Å². The minimum atomic E-state index is -1.54. The Kier molecular flexibility index (Phi) is 1.96. The van der Waals surface area contributed by atoms with Crippen molar-refractivity contribution in [2.24, 2.45) is 0 Å². The van der Waals surface area contributed by atoms with Crippen LogP contribution in [0.5, 0.6) is 0 Å². The highest BCUT2D eigenvalue weighted by Crippen LogP contribution is 2.25. The molecule has 0 N–H and O–H groups in total. The van der Waals surface area contributed by atoms with E-state index in [2.05, 4.69) is 0 Å². The van der Waals surface area contributed by atoms with Crippen LogP contribution in [0.1, 0.15) is 6.93 Å².